The van der Waals surface area contributed by atoms with Crippen LogP contribution in [-0.4, -0.2) is 61.4 Å². The first-order chi connectivity index (χ1) is 12.6. The maximum Gasteiger partial charge on any atom is 0.244 e. The summed E-state index contributed by atoms with van der Waals surface area (Å²) in [7, 11) is -3.38. The lowest BCUT2D eigenvalue weighted by molar-refractivity contribution is 0.154. The summed E-state index contributed by atoms with van der Waals surface area (Å²) in [6.45, 7) is 6.71. The highest BCUT2D eigenvalue weighted by atomic mass is 32.2. The molecule has 1 N–H and O–H groups in total. The van der Waals surface area contributed by atoms with Gasteiger partial charge in [0.15, 0.2) is 0 Å². The van der Waals surface area contributed by atoms with E-state index in [-0.39, 0.29) is 0 Å². The lowest BCUT2D eigenvalue weighted by Gasteiger charge is -2.36. The molecule has 2 fully saturated rings. The molecule has 2 aliphatic heterocycles. The average molecular weight is 381 g/mol. The molecule has 0 bridgehead atoms. The molecule has 1 unspecified atom stereocenters. The van der Waals surface area contributed by atoms with Crippen molar-refractivity contribution in [3.63, 3.8) is 0 Å². The van der Waals surface area contributed by atoms with E-state index in [9.17, 15) is 8.42 Å². The minimum atomic E-state index is -3.38. The fourth-order valence-corrected chi connectivity index (χ4v) is 5.35. The Morgan fingerprint density at radius 1 is 1.15 bits per heavy atom. The topological polar surface area (TPSA) is 65.5 Å². The van der Waals surface area contributed by atoms with Crippen LogP contribution in [0.15, 0.2) is 23.2 Å². The summed E-state index contributed by atoms with van der Waals surface area (Å²) in [5, 5.41) is 3.41. The van der Waals surface area contributed by atoms with Crippen molar-refractivity contribution in [1.29, 1.82) is 0 Å². The van der Waals surface area contributed by atoms with Gasteiger partial charge in [0.05, 0.1) is 0 Å². The zero-order chi connectivity index (χ0) is 18.4. The molecule has 0 aliphatic carbocycles. The van der Waals surface area contributed by atoms with Crippen LogP contribution in [0.5, 0.6) is 0 Å². The molecule has 1 aromatic rings. The van der Waals surface area contributed by atoms with Gasteiger partial charge in [0.2, 0.25) is 10.0 Å². The third-order valence-corrected chi connectivity index (χ3v) is 7.39. The molecule has 0 aromatic carbocycles. The van der Waals surface area contributed by atoms with E-state index in [1.54, 1.807) is 16.4 Å². The predicted octanol–water partition coefficient (Wildman–Crippen LogP) is 2.93. The van der Waals surface area contributed by atoms with Crippen LogP contribution in [0.2, 0.25) is 0 Å². The average Bonchev–Trinajstić information content (AvgIpc) is 3.21. The monoisotopic (exact) mass is 380 g/mol. The van der Waals surface area contributed by atoms with E-state index in [4.69, 9.17) is 0 Å². The molecule has 1 atom stereocenters. The molecule has 7 heteroatoms. The van der Waals surface area contributed by atoms with Gasteiger partial charge in [0.25, 0.3) is 0 Å². The van der Waals surface area contributed by atoms with Crippen LogP contribution in [0.3, 0.4) is 0 Å². The molecule has 0 saturated carbocycles. The molecule has 26 heavy (non-hydrogen) atoms. The summed E-state index contributed by atoms with van der Waals surface area (Å²) in [5.41, 5.74) is 0. The van der Waals surface area contributed by atoms with Crippen molar-refractivity contribution >= 4 is 15.8 Å². The molecule has 3 heterocycles. The Morgan fingerprint density at radius 3 is 2.62 bits per heavy atom. The standard InChI is InChI=1S/C19H32N4O2S/c1-2-3-11-22-12-5-4-8-17(22)15-20-19-10-9-18(16-21-19)26(24,25)23-13-6-7-14-23/h9-10,16-17H,2-8,11-15H2,1H3,(H,20,21). The summed E-state index contributed by atoms with van der Waals surface area (Å²) in [5.74, 6) is 0.756. The van der Waals surface area contributed by atoms with Gasteiger partial charge in [-0.1, -0.05) is 19.8 Å². The van der Waals surface area contributed by atoms with E-state index in [0.29, 0.717) is 24.0 Å². The number of sulfonamides is 1. The summed E-state index contributed by atoms with van der Waals surface area (Å²) in [6.07, 6.45) is 9.66. The Hall–Kier alpha value is -1.18. The highest BCUT2D eigenvalue weighted by Crippen LogP contribution is 2.22. The quantitative estimate of drug-likeness (QED) is 0.751. The molecular weight excluding hydrogens is 348 g/mol. The number of anilines is 1. The van der Waals surface area contributed by atoms with Gasteiger partial charge in [-0.05, 0) is 57.3 Å². The Labute approximate surface area is 158 Å². The summed E-state index contributed by atoms with van der Waals surface area (Å²) in [4.78, 5) is 7.24. The van der Waals surface area contributed by atoms with E-state index >= 15 is 0 Å². The molecular formula is C19H32N4O2S. The molecule has 146 valence electrons. The number of hydrogen-bond donors (Lipinski definition) is 1. The van der Waals surface area contributed by atoms with Crippen molar-refractivity contribution in [3.8, 4) is 0 Å². The van der Waals surface area contributed by atoms with E-state index in [1.165, 1.54) is 51.4 Å². The van der Waals surface area contributed by atoms with Gasteiger partial charge < -0.3 is 5.32 Å². The number of hydrogen-bond acceptors (Lipinski definition) is 5. The van der Waals surface area contributed by atoms with Crippen LogP contribution in [0.1, 0.15) is 51.9 Å². The number of nitrogens with zero attached hydrogens (tertiary/aromatic N) is 3. The number of aromatic nitrogens is 1. The first-order valence-corrected chi connectivity index (χ1v) is 11.5. The number of rotatable bonds is 8. The van der Waals surface area contributed by atoms with Crippen molar-refractivity contribution in [2.75, 3.05) is 38.0 Å². The van der Waals surface area contributed by atoms with E-state index in [2.05, 4.69) is 22.1 Å². The maximum absolute atomic E-state index is 12.6. The van der Waals surface area contributed by atoms with Gasteiger partial charge in [-0.2, -0.15) is 4.31 Å². The Bertz CT molecular complexity index is 657. The molecule has 0 radical (unpaired) electrons. The third-order valence-electron chi connectivity index (χ3n) is 5.51. The summed E-state index contributed by atoms with van der Waals surface area (Å²) < 4.78 is 26.7. The second-order valence-corrected chi connectivity index (χ2v) is 9.35. The number of unbranched alkanes of at least 4 members (excludes halogenated alkanes) is 1. The first-order valence-electron chi connectivity index (χ1n) is 10.1. The number of pyridine rings is 1. The van der Waals surface area contributed by atoms with Gasteiger partial charge in [-0.3, -0.25) is 4.90 Å². The van der Waals surface area contributed by atoms with E-state index < -0.39 is 10.0 Å². The van der Waals surface area contributed by atoms with Crippen LogP contribution in [0.25, 0.3) is 0 Å². The zero-order valence-corrected chi connectivity index (χ0v) is 16.7. The van der Waals surface area contributed by atoms with Gasteiger partial charge >= 0.3 is 0 Å². The number of piperidine rings is 1. The molecule has 0 spiro atoms. The predicted molar refractivity (Wildman–Crippen MR) is 105 cm³/mol. The fourth-order valence-electron chi connectivity index (χ4n) is 3.88. The van der Waals surface area contributed by atoms with Crippen molar-refractivity contribution in [2.24, 2.45) is 0 Å². The Morgan fingerprint density at radius 2 is 1.92 bits per heavy atom. The highest BCUT2D eigenvalue weighted by molar-refractivity contribution is 7.89. The van der Waals surface area contributed by atoms with Crippen molar-refractivity contribution in [2.45, 2.75) is 62.8 Å². The Kier molecular flexibility index (Phi) is 6.89. The minimum Gasteiger partial charge on any atom is -0.369 e. The highest BCUT2D eigenvalue weighted by Gasteiger charge is 2.27. The summed E-state index contributed by atoms with van der Waals surface area (Å²) >= 11 is 0. The largest absolute Gasteiger partial charge is 0.369 e. The number of likely N-dealkylation sites (tertiary alicyclic amines) is 1. The molecule has 2 saturated heterocycles. The van der Waals surface area contributed by atoms with Crippen molar-refractivity contribution in [3.05, 3.63) is 18.3 Å². The van der Waals surface area contributed by atoms with E-state index in [1.807, 2.05) is 0 Å². The normalized spacial score (nSPS) is 22.6. The molecule has 3 rings (SSSR count). The zero-order valence-electron chi connectivity index (χ0n) is 15.9. The van der Waals surface area contributed by atoms with Crippen LogP contribution in [0, 0.1) is 0 Å². The van der Waals surface area contributed by atoms with E-state index in [0.717, 1.165) is 25.2 Å². The summed E-state index contributed by atoms with van der Waals surface area (Å²) in [6, 6.07) is 4.02. The van der Waals surface area contributed by atoms with Gasteiger partial charge in [-0.15, -0.1) is 0 Å². The smallest absolute Gasteiger partial charge is 0.244 e. The Balaban J connectivity index is 1.57. The minimum absolute atomic E-state index is 0.298. The van der Waals surface area contributed by atoms with Crippen molar-refractivity contribution < 1.29 is 8.42 Å². The van der Waals surface area contributed by atoms with Gasteiger partial charge in [0, 0.05) is 31.9 Å². The maximum atomic E-state index is 12.6. The van der Waals surface area contributed by atoms with Gasteiger partial charge in [0.1, 0.15) is 10.7 Å². The SMILES string of the molecule is CCCCN1CCCCC1CNc1ccc(S(=O)(=O)N2CCCC2)cn1. The van der Waals surface area contributed by atoms with Crippen LogP contribution < -0.4 is 5.32 Å². The molecule has 6 nitrogen and oxygen atoms in total. The second kappa shape index (κ2) is 9.15. The first kappa shape index (κ1) is 19.6. The van der Waals surface area contributed by atoms with Gasteiger partial charge in [-0.25, -0.2) is 13.4 Å². The fraction of sp³-hybridized carbons (Fsp3) is 0.737. The molecule has 1 aromatic heterocycles. The lowest BCUT2D eigenvalue weighted by atomic mass is 10.0. The van der Waals surface area contributed by atoms with Crippen LogP contribution in [0.4, 0.5) is 5.82 Å². The van der Waals surface area contributed by atoms with Crippen LogP contribution in [-0.2, 0) is 10.0 Å². The molecule has 0 amide bonds. The molecule has 2 aliphatic rings. The second-order valence-electron chi connectivity index (χ2n) is 7.41. The third kappa shape index (κ3) is 4.75. The number of nitrogens with one attached hydrogen (secondary N) is 1. The van der Waals surface area contributed by atoms with Crippen molar-refractivity contribution in [1.82, 2.24) is 14.2 Å². The lowest BCUT2D eigenvalue weighted by Crippen LogP contribution is -2.44. The van der Waals surface area contributed by atoms with Crippen LogP contribution >= 0.6 is 0 Å².